The monoisotopic (exact) mass is 181 g/mol. The lowest BCUT2D eigenvalue weighted by Gasteiger charge is -2.01. The summed E-state index contributed by atoms with van der Waals surface area (Å²) < 4.78 is 4.55. The third-order valence-electron chi connectivity index (χ3n) is 1.33. The summed E-state index contributed by atoms with van der Waals surface area (Å²) in [6.45, 7) is 0.623. The van der Waals surface area contributed by atoms with Crippen LogP contribution in [0.25, 0.3) is 0 Å². The van der Waals surface area contributed by atoms with Crippen molar-refractivity contribution in [2.45, 2.75) is 6.42 Å². The lowest BCUT2D eigenvalue weighted by molar-refractivity contribution is -0.111. The van der Waals surface area contributed by atoms with Gasteiger partial charge in [0.25, 0.3) is 0 Å². The highest BCUT2D eigenvalue weighted by molar-refractivity contribution is 6.28. The van der Waals surface area contributed by atoms with Crippen LogP contribution in [0.3, 0.4) is 0 Å². The Kier molecular flexibility index (Phi) is 2.97. The van der Waals surface area contributed by atoms with Crippen molar-refractivity contribution < 1.29 is 14.3 Å². The van der Waals surface area contributed by atoms with E-state index in [4.69, 9.17) is 5.26 Å². The number of ketones is 1. The van der Waals surface area contributed by atoms with Crippen molar-refractivity contribution in [3.63, 3.8) is 0 Å². The highest BCUT2D eigenvalue weighted by Crippen LogP contribution is 2.02. The smallest absolute Gasteiger partial charge is 0.430 e. The van der Waals surface area contributed by atoms with Gasteiger partial charge in [-0.2, -0.15) is 15.4 Å². The Morgan fingerprint density at radius 2 is 2.62 bits per heavy atom. The van der Waals surface area contributed by atoms with Crippen molar-refractivity contribution in [1.82, 2.24) is 5.01 Å². The fourth-order valence-electron chi connectivity index (χ4n) is 0.748. The molecule has 1 rings (SSSR count). The number of Topliss-reactive ketones (excluding diaryl/α,β-unsaturated/α-hetero) is 1. The normalized spacial score (nSPS) is 15.9. The van der Waals surface area contributed by atoms with E-state index in [1.165, 1.54) is 0 Å². The van der Waals surface area contributed by atoms with Gasteiger partial charge in [-0.3, -0.25) is 4.79 Å². The minimum Gasteiger partial charge on any atom is -0.446 e. The number of hydrogen-bond donors (Lipinski definition) is 0. The van der Waals surface area contributed by atoms with Crippen molar-refractivity contribution in [3.8, 4) is 6.07 Å². The van der Waals surface area contributed by atoms with E-state index in [0.717, 1.165) is 11.2 Å². The molecule has 0 unspecified atom stereocenters. The Morgan fingerprint density at radius 1 is 1.85 bits per heavy atom. The first-order valence-corrected chi connectivity index (χ1v) is 3.62. The summed E-state index contributed by atoms with van der Waals surface area (Å²) >= 11 is 0. The van der Waals surface area contributed by atoms with E-state index in [1.54, 1.807) is 6.07 Å². The Morgan fingerprint density at radius 3 is 3.15 bits per heavy atom. The summed E-state index contributed by atoms with van der Waals surface area (Å²) in [5.74, 6) is -0.429. The third-order valence-corrected chi connectivity index (χ3v) is 1.33. The SMILES string of the molecule is N#CCC(=O)C=NN1CCOC1=O. The number of amides is 1. The zero-order valence-electron chi connectivity index (χ0n) is 6.77. The Bertz CT molecular complexity index is 292. The van der Waals surface area contributed by atoms with E-state index >= 15 is 0 Å². The van der Waals surface area contributed by atoms with Gasteiger partial charge in [0.15, 0.2) is 5.78 Å². The summed E-state index contributed by atoms with van der Waals surface area (Å²) in [4.78, 5) is 21.5. The van der Waals surface area contributed by atoms with Gasteiger partial charge in [0.05, 0.1) is 25.2 Å². The fraction of sp³-hybridized carbons (Fsp3) is 0.429. The summed E-state index contributed by atoms with van der Waals surface area (Å²) in [6.07, 6.45) is 0.156. The zero-order valence-corrected chi connectivity index (χ0v) is 6.77. The van der Waals surface area contributed by atoms with Gasteiger partial charge in [-0.1, -0.05) is 0 Å². The highest BCUT2D eigenvalue weighted by Gasteiger charge is 2.20. The number of rotatable bonds is 3. The van der Waals surface area contributed by atoms with E-state index in [2.05, 4.69) is 9.84 Å². The molecule has 1 amide bonds. The van der Waals surface area contributed by atoms with Gasteiger partial charge < -0.3 is 4.74 Å². The summed E-state index contributed by atoms with van der Waals surface area (Å²) in [5, 5.41) is 12.7. The minimum atomic E-state index is -0.569. The van der Waals surface area contributed by atoms with Crippen LogP contribution in [0, 0.1) is 11.3 Å². The Labute approximate surface area is 74.4 Å². The van der Waals surface area contributed by atoms with Gasteiger partial charge in [-0.25, -0.2) is 4.79 Å². The lowest BCUT2D eigenvalue weighted by Crippen LogP contribution is -2.18. The molecule has 1 aliphatic rings. The maximum atomic E-state index is 10.8. The molecular weight excluding hydrogens is 174 g/mol. The molecule has 13 heavy (non-hydrogen) atoms. The number of nitrogens with zero attached hydrogens (tertiary/aromatic N) is 3. The largest absolute Gasteiger partial charge is 0.446 e. The van der Waals surface area contributed by atoms with Crippen LogP contribution < -0.4 is 0 Å². The quantitative estimate of drug-likeness (QED) is 0.569. The molecule has 6 nitrogen and oxygen atoms in total. The molecule has 0 aliphatic carbocycles. The van der Waals surface area contributed by atoms with E-state index in [1.807, 2.05) is 0 Å². The minimum absolute atomic E-state index is 0.230. The van der Waals surface area contributed by atoms with Crippen molar-refractivity contribution in [3.05, 3.63) is 0 Å². The molecule has 0 aromatic carbocycles. The number of ether oxygens (including phenoxy) is 1. The van der Waals surface area contributed by atoms with Crippen LogP contribution >= 0.6 is 0 Å². The summed E-state index contributed by atoms with van der Waals surface area (Å²) in [6, 6.07) is 1.68. The van der Waals surface area contributed by atoms with Crippen LogP contribution in [-0.2, 0) is 9.53 Å². The van der Waals surface area contributed by atoms with Crippen LogP contribution in [0.4, 0.5) is 4.79 Å². The van der Waals surface area contributed by atoms with E-state index < -0.39 is 11.9 Å². The molecule has 1 aliphatic heterocycles. The van der Waals surface area contributed by atoms with Gasteiger partial charge in [-0.05, 0) is 0 Å². The zero-order chi connectivity index (χ0) is 9.68. The maximum Gasteiger partial charge on any atom is 0.430 e. The second-order valence-corrected chi connectivity index (χ2v) is 2.28. The fourth-order valence-corrected chi connectivity index (χ4v) is 0.748. The molecule has 1 fully saturated rings. The van der Waals surface area contributed by atoms with Crippen LogP contribution in [0.15, 0.2) is 5.10 Å². The number of nitriles is 1. The Hall–Kier alpha value is -1.90. The maximum absolute atomic E-state index is 10.8. The van der Waals surface area contributed by atoms with E-state index in [9.17, 15) is 9.59 Å². The molecule has 0 N–H and O–H groups in total. The molecule has 1 saturated heterocycles. The average Bonchev–Trinajstić information content (AvgIpc) is 2.48. The van der Waals surface area contributed by atoms with E-state index in [0.29, 0.717) is 6.54 Å². The standard InChI is InChI=1S/C7H7N3O3/c8-2-1-6(11)5-9-10-3-4-13-7(10)12/h5H,1,3-4H2. The summed E-state index contributed by atoms with van der Waals surface area (Å²) in [5.41, 5.74) is 0. The van der Waals surface area contributed by atoms with Gasteiger partial charge in [0.1, 0.15) is 6.61 Å². The lowest BCUT2D eigenvalue weighted by atomic mass is 10.3. The van der Waals surface area contributed by atoms with Crippen molar-refractivity contribution in [2.75, 3.05) is 13.2 Å². The number of carbonyl (C=O) groups is 2. The number of cyclic esters (lactones) is 1. The molecule has 6 heteroatoms. The van der Waals surface area contributed by atoms with Gasteiger partial charge in [-0.15, -0.1) is 0 Å². The number of hydrazone groups is 1. The molecule has 0 aromatic heterocycles. The first-order chi connectivity index (χ1) is 6.24. The molecule has 1 heterocycles. The second kappa shape index (κ2) is 4.21. The van der Waals surface area contributed by atoms with Gasteiger partial charge >= 0.3 is 6.09 Å². The van der Waals surface area contributed by atoms with Crippen LogP contribution in [0.5, 0.6) is 0 Å². The van der Waals surface area contributed by atoms with Gasteiger partial charge in [0.2, 0.25) is 0 Å². The van der Waals surface area contributed by atoms with Crippen molar-refractivity contribution in [1.29, 1.82) is 5.26 Å². The highest BCUT2D eigenvalue weighted by atomic mass is 16.6. The van der Waals surface area contributed by atoms with Crippen LogP contribution in [0.2, 0.25) is 0 Å². The van der Waals surface area contributed by atoms with E-state index in [-0.39, 0.29) is 13.0 Å². The predicted molar refractivity (Wildman–Crippen MR) is 41.8 cm³/mol. The summed E-state index contributed by atoms with van der Waals surface area (Å²) in [7, 11) is 0. The predicted octanol–water partition coefficient (Wildman–Crippen LogP) is -0.0928. The molecule has 0 spiro atoms. The van der Waals surface area contributed by atoms with Crippen LogP contribution in [-0.4, -0.2) is 36.3 Å². The third kappa shape index (κ3) is 2.56. The molecule has 0 aromatic rings. The van der Waals surface area contributed by atoms with Crippen molar-refractivity contribution in [2.24, 2.45) is 5.10 Å². The Balaban J connectivity index is 2.44. The first-order valence-electron chi connectivity index (χ1n) is 3.62. The molecule has 0 bridgehead atoms. The second-order valence-electron chi connectivity index (χ2n) is 2.28. The molecular formula is C7H7N3O3. The molecule has 0 atom stereocenters. The molecule has 0 saturated carbocycles. The number of carbonyl (C=O) groups excluding carboxylic acids is 2. The van der Waals surface area contributed by atoms with Gasteiger partial charge in [0, 0.05) is 0 Å². The first kappa shape index (κ1) is 9.19. The number of hydrogen-bond acceptors (Lipinski definition) is 5. The molecule has 0 radical (unpaired) electrons. The van der Waals surface area contributed by atoms with Crippen LogP contribution in [0.1, 0.15) is 6.42 Å². The topological polar surface area (TPSA) is 82.8 Å². The molecule has 68 valence electrons. The van der Waals surface area contributed by atoms with Crippen molar-refractivity contribution >= 4 is 18.1 Å². The average molecular weight is 181 g/mol.